The molecule has 186 valence electrons. The van der Waals surface area contributed by atoms with Crippen molar-refractivity contribution in [2.75, 3.05) is 16.0 Å². The van der Waals surface area contributed by atoms with E-state index in [9.17, 15) is 18.8 Å². The molecule has 1 aliphatic carbocycles. The topological polar surface area (TPSA) is 120 Å². The Morgan fingerprint density at radius 2 is 1.61 bits per heavy atom. The molecule has 0 radical (unpaired) electrons. The number of amides is 3. The third-order valence-corrected chi connectivity index (χ3v) is 6.90. The van der Waals surface area contributed by atoms with Crippen LogP contribution in [0.25, 0.3) is 0 Å². The molecule has 4 N–H and O–H groups in total. The van der Waals surface area contributed by atoms with Crippen LogP contribution in [0.15, 0.2) is 54.6 Å². The summed E-state index contributed by atoms with van der Waals surface area (Å²) in [5.74, 6) is -3.16. The molecule has 1 heterocycles. The average molecular weight is 572 g/mol. The van der Waals surface area contributed by atoms with E-state index in [0.29, 0.717) is 5.56 Å². The summed E-state index contributed by atoms with van der Waals surface area (Å²) >= 11 is 24.7. The predicted octanol–water partition coefficient (Wildman–Crippen LogP) is 6.40. The van der Waals surface area contributed by atoms with Gasteiger partial charge in [-0.2, -0.15) is 0 Å². The Kier molecular flexibility index (Phi) is 7.28. The number of halogens is 5. The number of carbonyl (C=O) groups excluding carboxylic acids is 2. The van der Waals surface area contributed by atoms with E-state index in [0.717, 1.165) is 0 Å². The summed E-state index contributed by atoms with van der Waals surface area (Å²) in [6.07, 6.45) is -1.31. The van der Waals surface area contributed by atoms with E-state index in [2.05, 4.69) is 20.9 Å². The van der Waals surface area contributed by atoms with Crippen molar-refractivity contribution in [3.8, 4) is 0 Å². The summed E-state index contributed by atoms with van der Waals surface area (Å²) in [5, 5.41) is 16.0. The highest BCUT2D eigenvalue weighted by Crippen LogP contribution is 2.65. The predicted molar refractivity (Wildman–Crippen MR) is 136 cm³/mol. The van der Waals surface area contributed by atoms with E-state index in [1.807, 2.05) is 0 Å². The summed E-state index contributed by atoms with van der Waals surface area (Å²) in [5.41, 5.74) is 0.777. The molecule has 3 amide bonds. The fourth-order valence-electron chi connectivity index (χ4n) is 3.64. The number of hydrogen-bond donors (Lipinski definition) is 4. The van der Waals surface area contributed by atoms with Gasteiger partial charge in [0.2, 0.25) is 5.91 Å². The SMILES string of the molecule is O=C(O)Nc1cccc(NC(=O)c2cc(NC(=O)[C@@H]3[C@@H](c4ccc(F)c(Cl)c4)C3(Cl)Cl)ccc2Cl)n1. The summed E-state index contributed by atoms with van der Waals surface area (Å²) in [6, 6.07) is 12.6. The smallest absolute Gasteiger partial charge is 0.410 e. The molecule has 4 rings (SSSR count). The summed E-state index contributed by atoms with van der Waals surface area (Å²) in [4.78, 5) is 40.5. The zero-order chi connectivity index (χ0) is 26.2. The second kappa shape index (κ2) is 10.1. The van der Waals surface area contributed by atoms with Gasteiger partial charge in [-0.3, -0.25) is 14.9 Å². The van der Waals surface area contributed by atoms with Crippen molar-refractivity contribution in [3.05, 3.63) is 81.6 Å². The van der Waals surface area contributed by atoms with E-state index in [1.54, 1.807) is 0 Å². The van der Waals surface area contributed by atoms with Crippen molar-refractivity contribution in [3.63, 3.8) is 0 Å². The molecule has 36 heavy (non-hydrogen) atoms. The number of nitrogens with zero attached hydrogens (tertiary/aromatic N) is 1. The van der Waals surface area contributed by atoms with Crippen LogP contribution in [0, 0.1) is 11.7 Å². The number of nitrogens with one attached hydrogen (secondary N) is 3. The van der Waals surface area contributed by atoms with Crippen LogP contribution in [0.5, 0.6) is 0 Å². The first kappa shape index (κ1) is 26.0. The highest BCUT2D eigenvalue weighted by Gasteiger charge is 2.67. The monoisotopic (exact) mass is 570 g/mol. The standard InChI is InChI=1S/C23H15Cl4FN4O4/c24-13-6-5-11(9-12(13)20(33)31-16-2-1-3-17(30-16)32-22(35)36)29-21(34)19-18(23(19,26)27)10-4-7-15(28)14(25)8-10/h1-9,18-19H,(H,29,34)(H,35,36)(H2,30,31,32,33)/t18-,19+/m1/s1. The second-order valence-electron chi connectivity index (χ2n) is 7.78. The lowest BCUT2D eigenvalue weighted by Gasteiger charge is -2.10. The number of carboxylic acid groups (broad SMARTS) is 1. The number of carbonyl (C=O) groups is 3. The summed E-state index contributed by atoms with van der Waals surface area (Å²) in [6.45, 7) is 0. The number of alkyl halides is 2. The Labute approximate surface area is 223 Å². The first-order valence-electron chi connectivity index (χ1n) is 10.2. The highest BCUT2D eigenvalue weighted by atomic mass is 35.5. The number of anilines is 3. The van der Waals surface area contributed by atoms with Gasteiger partial charge in [-0.15, -0.1) is 23.2 Å². The molecule has 13 heteroatoms. The molecule has 0 saturated heterocycles. The molecule has 1 aliphatic rings. The lowest BCUT2D eigenvalue weighted by atomic mass is 10.1. The lowest BCUT2D eigenvalue weighted by Crippen LogP contribution is -2.18. The van der Waals surface area contributed by atoms with Gasteiger partial charge in [0, 0.05) is 11.6 Å². The Bertz CT molecular complexity index is 1390. The van der Waals surface area contributed by atoms with Crippen molar-refractivity contribution in [1.82, 2.24) is 4.98 Å². The number of rotatable bonds is 6. The molecule has 1 saturated carbocycles. The van der Waals surface area contributed by atoms with Crippen LogP contribution in [-0.4, -0.2) is 32.3 Å². The van der Waals surface area contributed by atoms with Gasteiger partial charge in [0.05, 0.1) is 21.5 Å². The molecule has 1 fully saturated rings. The number of benzene rings is 2. The van der Waals surface area contributed by atoms with E-state index >= 15 is 0 Å². The van der Waals surface area contributed by atoms with Crippen molar-refractivity contribution < 1.29 is 23.9 Å². The Morgan fingerprint density at radius 3 is 2.28 bits per heavy atom. The van der Waals surface area contributed by atoms with E-state index in [4.69, 9.17) is 51.5 Å². The van der Waals surface area contributed by atoms with Gasteiger partial charge in [0.1, 0.15) is 21.8 Å². The maximum absolute atomic E-state index is 13.5. The van der Waals surface area contributed by atoms with Crippen molar-refractivity contribution >= 4 is 81.6 Å². The zero-order valence-electron chi connectivity index (χ0n) is 17.9. The van der Waals surface area contributed by atoms with E-state index in [1.165, 1.54) is 54.6 Å². The molecule has 0 bridgehead atoms. The second-order valence-corrected chi connectivity index (χ2v) is 10.0. The number of pyridine rings is 1. The van der Waals surface area contributed by atoms with Gasteiger partial charge in [-0.05, 0) is 48.0 Å². The van der Waals surface area contributed by atoms with Crippen LogP contribution < -0.4 is 16.0 Å². The average Bonchev–Trinajstić information content (AvgIpc) is 3.38. The largest absolute Gasteiger partial charge is 0.465 e. The molecule has 0 unspecified atom stereocenters. The third-order valence-electron chi connectivity index (χ3n) is 5.34. The van der Waals surface area contributed by atoms with Crippen LogP contribution in [0.2, 0.25) is 10.0 Å². The molecular formula is C23H15Cl4FN4O4. The Morgan fingerprint density at radius 1 is 0.917 bits per heavy atom. The quantitative estimate of drug-likeness (QED) is 0.255. The van der Waals surface area contributed by atoms with Crippen molar-refractivity contribution in [2.24, 2.45) is 5.92 Å². The molecular weight excluding hydrogens is 557 g/mol. The minimum Gasteiger partial charge on any atom is -0.465 e. The molecule has 3 aromatic rings. The minimum atomic E-state index is -1.43. The molecule has 2 aromatic carbocycles. The van der Waals surface area contributed by atoms with Crippen LogP contribution >= 0.6 is 46.4 Å². The Hall–Kier alpha value is -3.11. The van der Waals surface area contributed by atoms with Gasteiger partial charge in [0.15, 0.2) is 0 Å². The minimum absolute atomic E-state index is 0.0134. The number of aromatic nitrogens is 1. The molecule has 0 aliphatic heterocycles. The molecule has 0 spiro atoms. The first-order chi connectivity index (χ1) is 17.0. The van der Waals surface area contributed by atoms with Crippen molar-refractivity contribution in [2.45, 2.75) is 10.3 Å². The van der Waals surface area contributed by atoms with Gasteiger partial charge >= 0.3 is 6.09 Å². The van der Waals surface area contributed by atoms with Crippen LogP contribution in [0.3, 0.4) is 0 Å². The Balaban J connectivity index is 1.48. The van der Waals surface area contributed by atoms with Crippen LogP contribution in [-0.2, 0) is 4.79 Å². The maximum Gasteiger partial charge on any atom is 0.410 e. The molecule has 1 aromatic heterocycles. The molecule has 8 nitrogen and oxygen atoms in total. The number of hydrogen-bond acceptors (Lipinski definition) is 4. The summed E-state index contributed by atoms with van der Waals surface area (Å²) < 4.78 is 12.1. The van der Waals surface area contributed by atoms with Gasteiger partial charge in [0.25, 0.3) is 5.91 Å². The van der Waals surface area contributed by atoms with Crippen LogP contribution in [0.1, 0.15) is 21.8 Å². The van der Waals surface area contributed by atoms with Gasteiger partial charge < -0.3 is 15.7 Å². The highest BCUT2D eigenvalue weighted by molar-refractivity contribution is 6.53. The van der Waals surface area contributed by atoms with Gasteiger partial charge in [-0.1, -0.05) is 35.3 Å². The third kappa shape index (κ3) is 5.49. The zero-order valence-corrected chi connectivity index (χ0v) is 20.9. The van der Waals surface area contributed by atoms with E-state index < -0.39 is 39.9 Å². The van der Waals surface area contributed by atoms with Gasteiger partial charge in [-0.25, -0.2) is 14.2 Å². The normalized spacial score (nSPS) is 17.7. The summed E-state index contributed by atoms with van der Waals surface area (Å²) in [7, 11) is 0. The maximum atomic E-state index is 13.5. The van der Waals surface area contributed by atoms with Crippen molar-refractivity contribution in [1.29, 1.82) is 0 Å². The van der Waals surface area contributed by atoms with Crippen LogP contribution in [0.4, 0.5) is 26.5 Å². The fourth-order valence-corrected chi connectivity index (χ4v) is 4.86. The first-order valence-corrected chi connectivity index (χ1v) is 11.7. The molecule has 2 atom stereocenters. The van der Waals surface area contributed by atoms with E-state index in [-0.39, 0.29) is 32.9 Å². The lowest BCUT2D eigenvalue weighted by molar-refractivity contribution is -0.117. The fraction of sp³-hybridized carbons (Fsp3) is 0.130.